The molecule has 0 spiro atoms. The number of carbonyl (C=O) groups excluding carboxylic acids is 1. The van der Waals surface area contributed by atoms with Gasteiger partial charge in [0.1, 0.15) is 0 Å². The molecule has 140 valence electrons. The van der Waals surface area contributed by atoms with Crippen LogP contribution in [0.5, 0.6) is 0 Å². The molecule has 2 fully saturated rings. The maximum atomic E-state index is 12.3. The highest BCUT2D eigenvalue weighted by molar-refractivity contribution is 7.88. The monoisotopic (exact) mass is 359 g/mol. The summed E-state index contributed by atoms with van der Waals surface area (Å²) in [4.78, 5) is 14.9. The van der Waals surface area contributed by atoms with Gasteiger partial charge in [-0.05, 0) is 45.1 Å². The third kappa shape index (κ3) is 5.70. The molecule has 6 nitrogen and oxygen atoms in total. The number of rotatable bonds is 7. The van der Waals surface area contributed by atoms with Gasteiger partial charge < -0.3 is 10.2 Å². The van der Waals surface area contributed by atoms with E-state index in [9.17, 15) is 13.2 Å². The second kappa shape index (κ2) is 9.15. The molecule has 2 saturated heterocycles. The van der Waals surface area contributed by atoms with Crippen molar-refractivity contribution in [3.8, 4) is 0 Å². The third-order valence-electron chi connectivity index (χ3n) is 5.37. The summed E-state index contributed by atoms with van der Waals surface area (Å²) < 4.78 is 24.7. The molecule has 24 heavy (non-hydrogen) atoms. The zero-order valence-corrected chi connectivity index (χ0v) is 16.0. The van der Waals surface area contributed by atoms with Crippen LogP contribution in [0.15, 0.2) is 0 Å². The minimum Gasteiger partial charge on any atom is -0.356 e. The molecule has 0 bridgehead atoms. The summed E-state index contributed by atoms with van der Waals surface area (Å²) in [5.74, 6) is -0.194. The predicted octanol–water partition coefficient (Wildman–Crippen LogP) is 1.43. The average molecular weight is 360 g/mol. The van der Waals surface area contributed by atoms with Crippen LogP contribution in [0.1, 0.15) is 51.9 Å². The Morgan fingerprint density at radius 1 is 1.17 bits per heavy atom. The summed E-state index contributed by atoms with van der Waals surface area (Å²) in [6.45, 7) is 6.02. The highest BCUT2D eigenvalue weighted by atomic mass is 32.2. The summed E-state index contributed by atoms with van der Waals surface area (Å²) in [5, 5.41) is 3.01. The number of nitrogens with one attached hydrogen (secondary N) is 1. The van der Waals surface area contributed by atoms with Gasteiger partial charge in [-0.1, -0.05) is 13.3 Å². The highest BCUT2D eigenvalue weighted by Gasteiger charge is 2.30. The van der Waals surface area contributed by atoms with Crippen molar-refractivity contribution in [3.63, 3.8) is 0 Å². The first-order chi connectivity index (χ1) is 11.4. The number of amides is 1. The van der Waals surface area contributed by atoms with Crippen molar-refractivity contribution < 1.29 is 13.2 Å². The fourth-order valence-corrected chi connectivity index (χ4v) is 4.82. The first-order valence-electron chi connectivity index (χ1n) is 9.38. The number of nitrogens with zero attached hydrogens (tertiary/aromatic N) is 2. The lowest BCUT2D eigenvalue weighted by molar-refractivity contribution is -0.126. The van der Waals surface area contributed by atoms with Crippen molar-refractivity contribution in [1.29, 1.82) is 0 Å². The van der Waals surface area contributed by atoms with Gasteiger partial charge in [0.05, 0.1) is 12.2 Å². The van der Waals surface area contributed by atoms with Crippen LogP contribution in [0.4, 0.5) is 0 Å². The minimum atomic E-state index is -3.19. The van der Waals surface area contributed by atoms with E-state index in [1.54, 1.807) is 0 Å². The normalized spacial score (nSPS) is 27.1. The number of hydrogen-bond acceptors (Lipinski definition) is 4. The van der Waals surface area contributed by atoms with Crippen LogP contribution in [0.2, 0.25) is 0 Å². The molecule has 0 aliphatic carbocycles. The number of sulfonamides is 1. The van der Waals surface area contributed by atoms with Crippen LogP contribution in [-0.2, 0) is 14.8 Å². The molecule has 2 rings (SSSR count). The minimum absolute atomic E-state index is 0.00837. The Kier molecular flexibility index (Phi) is 7.50. The van der Waals surface area contributed by atoms with E-state index in [2.05, 4.69) is 17.1 Å². The lowest BCUT2D eigenvalue weighted by Gasteiger charge is -2.35. The fourth-order valence-electron chi connectivity index (χ4n) is 3.91. The number of carbonyl (C=O) groups is 1. The molecule has 0 aromatic heterocycles. The van der Waals surface area contributed by atoms with Crippen molar-refractivity contribution in [2.24, 2.45) is 5.92 Å². The fraction of sp³-hybridized carbons (Fsp3) is 0.941. The third-order valence-corrected chi connectivity index (χ3v) is 6.64. The maximum absolute atomic E-state index is 12.3. The van der Waals surface area contributed by atoms with E-state index >= 15 is 0 Å². The molecule has 2 aliphatic rings. The van der Waals surface area contributed by atoms with Crippen LogP contribution >= 0.6 is 0 Å². The Balaban J connectivity index is 1.69. The number of hydrogen-bond donors (Lipinski definition) is 1. The van der Waals surface area contributed by atoms with Crippen molar-refractivity contribution in [2.75, 3.05) is 39.0 Å². The van der Waals surface area contributed by atoms with Gasteiger partial charge in [-0.25, -0.2) is 12.7 Å². The Labute approximate surface area is 147 Å². The van der Waals surface area contributed by atoms with Crippen LogP contribution in [0.25, 0.3) is 0 Å². The van der Waals surface area contributed by atoms with Gasteiger partial charge in [0.25, 0.3) is 0 Å². The van der Waals surface area contributed by atoms with Crippen molar-refractivity contribution in [1.82, 2.24) is 14.5 Å². The van der Waals surface area contributed by atoms with E-state index in [4.69, 9.17) is 0 Å². The van der Waals surface area contributed by atoms with E-state index in [0.717, 1.165) is 25.8 Å². The summed E-state index contributed by atoms with van der Waals surface area (Å²) in [6.07, 6.45) is 8.85. The second-order valence-electron chi connectivity index (χ2n) is 7.20. The SMILES string of the molecule is CC[C@@H]1CCCCN1CCCNC(=O)[C@@H]1CCCN(S(C)(=O)=O)C1. The molecule has 1 amide bonds. The molecule has 2 aliphatic heterocycles. The van der Waals surface area contributed by atoms with Gasteiger partial charge in [-0.15, -0.1) is 0 Å². The predicted molar refractivity (Wildman–Crippen MR) is 96.3 cm³/mol. The van der Waals surface area contributed by atoms with Gasteiger partial charge >= 0.3 is 0 Å². The van der Waals surface area contributed by atoms with E-state index in [1.807, 2.05) is 0 Å². The summed E-state index contributed by atoms with van der Waals surface area (Å²) in [5.41, 5.74) is 0. The molecule has 0 radical (unpaired) electrons. The Morgan fingerprint density at radius 3 is 2.67 bits per heavy atom. The smallest absolute Gasteiger partial charge is 0.224 e. The molecule has 0 saturated carbocycles. The molecular weight excluding hydrogens is 326 g/mol. The zero-order valence-electron chi connectivity index (χ0n) is 15.2. The average Bonchev–Trinajstić information content (AvgIpc) is 2.58. The van der Waals surface area contributed by atoms with E-state index in [-0.39, 0.29) is 11.8 Å². The maximum Gasteiger partial charge on any atom is 0.224 e. The second-order valence-corrected chi connectivity index (χ2v) is 9.18. The van der Waals surface area contributed by atoms with Crippen LogP contribution in [-0.4, -0.2) is 68.6 Å². The lowest BCUT2D eigenvalue weighted by Crippen LogP contribution is -2.45. The molecule has 2 atom stereocenters. The van der Waals surface area contributed by atoms with Gasteiger partial charge in [0.15, 0.2) is 0 Å². The van der Waals surface area contributed by atoms with E-state index < -0.39 is 10.0 Å². The Bertz CT molecular complexity index is 509. The lowest BCUT2D eigenvalue weighted by atomic mass is 9.98. The van der Waals surface area contributed by atoms with Crippen LogP contribution in [0, 0.1) is 5.92 Å². The Hall–Kier alpha value is -0.660. The first kappa shape index (κ1) is 19.7. The molecule has 0 aromatic carbocycles. The van der Waals surface area contributed by atoms with Gasteiger partial charge in [0.2, 0.25) is 15.9 Å². The molecule has 1 N–H and O–H groups in total. The van der Waals surface area contributed by atoms with E-state index in [0.29, 0.717) is 25.7 Å². The van der Waals surface area contributed by atoms with Crippen molar-refractivity contribution in [2.45, 2.75) is 57.9 Å². The van der Waals surface area contributed by atoms with Crippen molar-refractivity contribution in [3.05, 3.63) is 0 Å². The number of likely N-dealkylation sites (tertiary alicyclic amines) is 1. The van der Waals surface area contributed by atoms with Gasteiger partial charge in [0, 0.05) is 32.2 Å². The Morgan fingerprint density at radius 2 is 1.96 bits per heavy atom. The quantitative estimate of drug-likeness (QED) is 0.698. The standard InChI is InChI=1S/C17H33N3O3S/c1-3-16-9-4-5-11-19(16)12-7-10-18-17(21)15-8-6-13-20(14-15)24(2,22)23/h15-16H,3-14H2,1-2H3,(H,18,21)/t15-,16-/m1/s1. The van der Waals surface area contributed by atoms with Crippen LogP contribution in [0.3, 0.4) is 0 Å². The van der Waals surface area contributed by atoms with Gasteiger partial charge in [-0.2, -0.15) is 0 Å². The topological polar surface area (TPSA) is 69.7 Å². The molecule has 0 aromatic rings. The summed E-state index contributed by atoms with van der Waals surface area (Å²) in [6, 6.07) is 0.705. The van der Waals surface area contributed by atoms with Crippen molar-refractivity contribution >= 4 is 15.9 Å². The highest BCUT2D eigenvalue weighted by Crippen LogP contribution is 2.20. The summed E-state index contributed by atoms with van der Waals surface area (Å²) in [7, 11) is -3.19. The number of piperidine rings is 2. The molecule has 2 heterocycles. The van der Waals surface area contributed by atoms with E-state index in [1.165, 1.54) is 42.8 Å². The first-order valence-corrected chi connectivity index (χ1v) is 11.2. The molecule has 7 heteroatoms. The largest absolute Gasteiger partial charge is 0.356 e. The molecular formula is C17H33N3O3S. The van der Waals surface area contributed by atoms with Crippen LogP contribution < -0.4 is 5.32 Å². The molecule has 0 unspecified atom stereocenters. The summed E-state index contributed by atoms with van der Waals surface area (Å²) >= 11 is 0. The van der Waals surface area contributed by atoms with Gasteiger partial charge in [-0.3, -0.25) is 4.79 Å². The zero-order chi connectivity index (χ0) is 17.6.